The number of rotatable bonds is 4. The van der Waals surface area contributed by atoms with Gasteiger partial charge in [0.1, 0.15) is 5.82 Å². The topological polar surface area (TPSA) is 63.2 Å². The molecule has 0 bridgehead atoms. The number of hydrogen-bond donors (Lipinski definition) is 2. The van der Waals surface area contributed by atoms with Gasteiger partial charge in [0.15, 0.2) is 0 Å². The van der Waals surface area contributed by atoms with Crippen molar-refractivity contribution in [3.8, 4) is 0 Å². The lowest BCUT2D eigenvalue weighted by atomic mass is 9.89. The Morgan fingerprint density at radius 3 is 2.89 bits per heavy atom. The largest absolute Gasteiger partial charge is 0.381 e. The highest BCUT2D eigenvalue weighted by Gasteiger charge is 2.30. The fourth-order valence-electron chi connectivity index (χ4n) is 1.95. The SMILES string of the molecule is CNc1ncc(Br)cc1C(=O)NC1CC(OC)C1. The minimum absolute atomic E-state index is 0.104. The zero-order valence-electron chi connectivity index (χ0n) is 10.4. The molecule has 18 heavy (non-hydrogen) atoms. The summed E-state index contributed by atoms with van der Waals surface area (Å²) in [6, 6.07) is 1.96. The van der Waals surface area contributed by atoms with Crippen molar-refractivity contribution in [3.05, 3.63) is 22.3 Å². The van der Waals surface area contributed by atoms with E-state index in [0.717, 1.165) is 17.3 Å². The standard InChI is InChI=1S/C12H16BrN3O2/c1-14-11-10(3-7(13)6-15-11)12(17)16-8-4-9(5-8)18-2/h3,6,8-9H,4-5H2,1-2H3,(H,14,15)(H,16,17). The van der Waals surface area contributed by atoms with Gasteiger partial charge >= 0.3 is 0 Å². The highest BCUT2D eigenvalue weighted by molar-refractivity contribution is 9.10. The molecular formula is C12H16BrN3O2. The van der Waals surface area contributed by atoms with Crippen molar-refractivity contribution in [1.82, 2.24) is 10.3 Å². The van der Waals surface area contributed by atoms with Crippen molar-refractivity contribution in [2.45, 2.75) is 25.0 Å². The molecule has 6 heteroatoms. The third-order valence-corrected chi connectivity index (χ3v) is 3.53. The van der Waals surface area contributed by atoms with E-state index < -0.39 is 0 Å². The van der Waals surface area contributed by atoms with Gasteiger partial charge in [0.05, 0.1) is 11.7 Å². The predicted molar refractivity (Wildman–Crippen MR) is 72.8 cm³/mol. The number of nitrogens with zero attached hydrogens (tertiary/aromatic N) is 1. The average Bonchev–Trinajstić information content (AvgIpc) is 2.32. The third-order valence-electron chi connectivity index (χ3n) is 3.10. The van der Waals surface area contributed by atoms with Crippen molar-refractivity contribution in [3.63, 3.8) is 0 Å². The van der Waals surface area contributed by atoms with E-state index in [2.05, 4.69) is 31.5 Å². The molecule has 0 aromatic carbocycles. The molecule has 1 amide bonds. The first-order valence-corrected chi connectivity index (χ1v) is 6.60. The molecule has 1 aliphatic carbocycles. The Hall–Kier alpha value is -1.14. The van der Waals surface area contributed by atoms with E-state index in [1.807, 2.05) is 0 Å². The normalized spacial score (nSPS) is 22.2. The summed E-state index contributed by atoms with van der Waals surface area (Å²) < 4.78 is 5.97. The summed E-state index contributed by atoms with van der Waals surface area (Å²) in [6.07, 6.45) is 3.68. The van der Waals surface area contributed by atoms with Crippen molar-refractivity contribution >= 4 is 27.7 Å². The molecule has 0 atom stereocenters. The number of pyridine rings is 1. The quantitative estimate of drug-likeness (QED) is 0.889. The predicted octanol–water partition coefficient (Wildman–Crippen LogP) is 1.79. The molecule has 5 nitrogen and oxygen atoms in total. The molecule has 0 unspecified atom stereocenters. The number of carbonyl (C=O) groups is 1. The van der Waals surface area contributed by atoms with Gasteiger partial charge in [-0.1, -0.05) is 0 Å². The third kappa shape index (κ3) is 2.81. The zero-order valence-corrected chi connectivity index (χ0v) is 12.0. The Kier molecular flexibility index (Phi) is 4.19. The van der Waals surface area contributed by atoms with Crippen LogP contribution in [0, 0.1) is 0 Å². The molecule has 98 valence electrons. The molecule has 0 spiro atoms. The van der Waals surface area contributed by atoms with Crippen LogP contribution in [0.15, 0.2) is 16.7 Å². The van der Waals surface area contributed by atoms with E-state index >= 15 is 0 Å². The second-order valence-corrected chi connectivity index (χ2v) is 5.21. The Morgan fingerprint density at radius 2 is 2.28 bits per heavy atom. The van der Waals surface area contributed by atoms with Gasteiger partial charge in [-0.25, -0.2) is 4.98 Å². The smallest absolute Gasteiger partial charge is 0.255 e. The van der Waals surface area contributed by atoms with E-state index in [-0.39, 0.29) is 18.1 Å². The lowest BCUT2D eigenvalue weighted by Crippen LogP contribution is -2.47. The summed E-state index contributed by atoms with van der Waals surface area (Å²) in [7, 11) is 3.44. The number of amides is 1. The fourth-order valence-corrected chi connectivity index (χ4v) is 2.28. The van der Waals surface area contributed by atoms with Crippen LogP contribution < -0.4 is 10.6 Å². The van der Waals surface area contributed by atoms with Gasteiger partial charge in [-0.15, -0.1) is 0 Å². The molecule has 2 rings (SSSR count). The number of anilines is 1. The second kappa shape index (κ2) is 5.67. The monoisotopic (exact) mass is 313 g/mol. The van der Waals surface area contributed by atoms with E-state index in [0.29, 0.717) is 11.4 Å². The number of nitrogens with one attached hydrogen (secondary N) is 2. The zero-order chi connectivity index (χ0) is 13.1. The van der Waals surface area contributed by atoms with Crippen LogP contribution in [0.3, 0.4) is 0 Å². The van der Waals surface area contributed by atoms with Gasteiger partial charge in [-0.2, -0.15) is 0 Å². The van der Waals surface area contributed by atoms with Crippen LogP contribution in [0.25, 0.3) is 0 Å². The number of aromatic nitrogens is 1. The first-order valence-electron chi connectivity index (χ1n) is 5.81. The summed E-state index contributed by atoms with van der Waals surface area (Å²) in [4.78, 5) is 16.3. The molecule has 1 aromatic heterocycles. The number of methoxy groups -OCH3 is 1. The van der Waals surface area contributed by atoms with Gasteiger partial charge in [0, 0.05) is 30.9 Å². The average molecular weight is 314 g/mol. The highest BCUT2D eigenvalue weighted by atomic mass is 79.9. The van der Waals surface area contributed by atoms with E-state index in [1.54, 1.807) is 26.4 Å². The highest BCUT2D eigenvalue weighted by Crippen LogP contribution is 2.24. The Bertz CT molecular complexity index is 447. The fraction of sp³-hybridized carbons (Fsp3) is 0.500. The molecule has 1 saturated carbocycles. The summed E-state index contributed by atoms with van der Waals surface area (Å²) in [5, 5.41) is 5.89. The lowest BCUT2D eigenvalue weighted by molar-refractivity contribution is 0.0176. The van der Waals surface area contributed by atoms with Crippen LogP contribution >= 0.6 is 15.9 Å². The maximum absolute atomic E-state index is 12.1. The summed E-state index contributed by atoms with van der Waals surface area (Å²) in [5.41, 5.74) is 0.549. The molecule has 2 N–H and O–H groups in total. The van der Waals surface area contributed by atoms with Crippen molar-refractivity contribution in [2.75, 3.05) is 19.5 Å². The first-order chi connectivity index (χ1) is 8.63. The lowest BCUT2D eigenvalue weighted by Gasteiger charge is -2.34. The molecule has 0 saturated heterocycles. The minimum atomic E-state index is -0.104. The van der Waals surface area contributed by atoms with Gasteiger partial charge in [-0.3, -0.25) is 4.79 Å². The molecule has 1 heterocycles. The molecule has 0 radical (unpaired) electrons. The van der Waals surface area contributed by atoms with Crippen LogP contribution in [-0.4, -0.2) is 37.2 Å². The molecule has 1 fully saturated rings. The molecule has 1 aliphatic rings. The van der Waals surface area contributed by atoms with Crippen LogP contribution in [0.5, 0.6) is 0 Å². The summed E-state index contributed by atoms with van der Waals surface area (Å²) in [6.45, 7) is 0. The summed E-state index contributed by atoms with van der Waals surface area (Å²) in [5.74, 6) is 0.478. The van der Waals surface area contributed by atoms with E-state index in [1.165, 1.54) is 0 Å². The maximum Gasteiger partial charge on any atom is 0.255 e. The van der Waals surface area contributed by atoms with Crippen molar-refractivity contribution in [2.24, 2.45) is 0 Å². The second-order valence-electron chi connectivity index (χ2n) is 4.30. The van der Waals surface area contributed by atoms with Gasteiger partial charge in [0.2, 0.25) is 0 Å². The molecular weight excluding hydrogens is 298 g/mol. The number of hydrogen-bond acceptors (Lipinski definition) is 4. The van der Waals surface area contributed by atoms with Crippen LogP contribution in [0.2, 0.25) is 0 Å². The first kappa shape index (κ1) is 13.3. The maximum atomic E-state index is 12.1. The minimum Gasteiger partial charge on any atom is -0.381 e. The van der Waals surface area contributed by atoms with Crippen molar-refractivity contribution < 1.29 is 9.53 Å². The van der Waals surface area contributed by atoms with Gasteiger partial charge in [0.25, 0.3) is 5.91 Å². The summed E-state index contributed by atoms with van der Waals surface area (Å²) >= 11 is 3.32. The van der Waals surface area contributed by atoms with E-state index in [9.17, 15) is 4.79 Å². The number of ether oxygens (including phenoxy) is 1. The number of carbonyl (C=O) groups excluding carboxylic acids is 1. The van der Waals surface area contributed by atoms with Crippen LogP contribution in [-0.2, 0) is 4.74 Å². The number of halogens is 1. The van der Waals surface area contributed by atoms with Gasteiger partial charge in [-0.05, 0) is 34.8 Å². The molecule has 1 aromatic rings. The van der Waals surface area contributed by atoms with E-state index in [4.69, 9.17) is 4.74 Å². The Labute approximate surface area is 114 Å². The molecule has 0 aliphatic heterocycles. The van der Waals surface area contributed by atoms with Crippen molar-refractivity contribution in [1.29, 1.82) is 0 Å². The van der Waals surface area contributed by atoms with Crippen LogP contribution in [0.4, 0.5) is 5.82 Å². The van der Waals surface area contributed by atoms with Gasteiger partial charge < -0.3 is 15.4 Å². The Balaban J connectivity index is 2.02. The van der Waals surface area contributed by atoms with Crippen LogP contribution in [0.1, 0.15) is 23.2 Å². The Morgan fingerprint density at radius 1 is 1.56 bits per heavy atom.